The summed E-state index contributed by atoms with van der Waals surface area (Å²) in [5.74, 6) is 6.34. The Morgan fingerprint density at radius 2 is 1.86 bits per heavy atom. The van der Waals surface area contributed by atoms with Crippen molar-refractivity contribution in [3.05, 3.63) is 0 Å². The highest BCUT2D eigenvalue weighted by Crippen LogP contribution is 2.39. The van der Waals surface area contributed by atoms with Crippen LogP contribution in [0.5, 0.6) is 0 Å². The van der Waals surface area contributed by atoms with Gasteiger partial charge < -0.3 is 5.32 Å². The maximum absolute atomic E-state index is 3.76. The van der Waals surface area contributed by atoms with E-state index in [0.717, 1.165) is 23.7 Å². The smallest absolute Gasteiger partial charge is 0.00966 e. The largest absolute Gasteiger partial charge is 0.312 e. The Balaban J connectivity index is 2.49. The molecule has 1 aliphatic carbocycles. The summed E-state index contributed by atoms with van der Waals surface area (Å²) in [5.41, 5.74) is 0.261. The first-order valence-electron chi connectivity index (χ1n) is 9.16. The Labute approximate surface area is 138 Å². The van der Waals surface area contributed by atoms with E-state index in [4.69, 9.17) is 0 Å². The van der Waals surface area contributed by atoms with Gasteiger partial charge in [-0.15, -0.1) is 0 Å². The first-order valence-corrected chi connectivity index (χ1v) is 10.3. The van der Waals surface area contributed by atoms with Crippen LogP contribution in [-0.2, 0) is 0 Å². The van der Waals surface area contributed by atoms with Gasteiger partial charge in [-0.3, -0.25) is 0 Å². The molecular formula is C19H39NS. The highest BCUT2D eigenvalue weighted by Gasteiger charge is 2.31. The summed E-state index contributed by atoms with van der Waals surface area (Å²) in [7, 11) is 0. The van der Waals surface area contributed by atoms with E-state index in [1.807, 2.05) is 0 Å². The number of hydrogen-bond acceptors (Lipinski definition) is 2. The average molecular weight is 314 g/mol. The standard InChI is InChI=1S/C19H39NS/c1-7-21-12-8-9-17-13-16(15(2)3)10-11-18(17)14-20-19(4,5)6/h15-18,20H,7-14H2,1-6H3. The van der Waals surface area contributed by atoms with Crippen molar-refractivity contribution in [2.24, 2.45) is 23.7 Å². The van der Waals surface area contributed by atoms with Gasteiger partial charge in [0.2, 0.25) is 0 Å². The van der Waals surface area contributed by atoms with Crippen LogP contribution in [0.3, 0.4) is 0 Å². The van der Waals surface area contributed by atoms with E-state index in [1.54, 1.807) is 0 Å². The van der Waals surface area contributed by atoms with Gasteiger partial charge in [-0.1, -0.05) is 20.8 Å². The summed E-state index contributed by atoms with van der Waals surface area (Å²) in [4.78, 5) is 0. The summed E-state index contributed by atoms with van der Waals surface area (Å²) in [5, 5.41) is 3.76. The highest BCUT2D eigenvalue weighted by atomic mass is 32.2. The summed E-state index contributed by atoms with van der Waals surface area (Å²) in [6.45, 7) is 15.2. The van der Waals surface area contributed by atoms with Crippen molar-refractivity contribution in [3.8, 4) is 0 Å². The van der Waals surface area contributed by atoms with E-state index < -0.39 is 0 Å². The van der Waals surface area contributed by atoms with Crippen LogP contribution in [0.25, 0.3) is 0 Å². The van der Waals surface area contributed by atoms with Gasteiger partial charge >= 0.3 is 0 Å². The zero-order valence-electron chi connectivity index (χ0n) is 15.4. The Bertz CT molecular complexity index is 269. The van der Waals surface area contributed by atoms with Gasteiger partial charge in [0.25, 0.3) is 0 Å². The fraction of sp³-hybridized carbons (Fsp3) is 1.00. The number of rotatable bonds is 8. The zero-order valence-corrected chi connectivity index (χ0v) is 16.2. The number of thioether (sulfide) groups is 1. The van der Waals surface area contributed by atoms with Crippen molar-refractivity contribution in [3.63, 3.8) is 0 Å². The lowest BCUT2D eigenvalue weighted by Crippen LogP contribution is -2.42. The first kappa shape index (κ1) is 19.4. The molecule has 0 aromatic carbocycles. The Hall–Kier alpha value is 0.310. The molecule has 0 radical (unpaired) electrons. The molecule has 0 aromatic heterocycles. The average Bonchev–Trinajstić information content (AvgIpc) is 2.41. The first-order chi connectivity index (χ1) is 9.83. The molecule has 0 bridgehead atoms. The lowest BCUT2D eigenvalue weighted by molar-refractivity contribution is 0.131. The minimum absolute atomic E-state index is 0.261. The van der Waals surface area contributed by atoms with Crippen LogP contribution < -0.4 is 5.32 Å². The van der Waals surface area contributed by atoms with Gasteiger partial charge in [-0.25, -0.2) is 0 Å². The third-order valence-corrected chi connectivity index (χ3v) is 6.07. The molecule has 0 aromatic rings. The van der Waals surface area contributed by atoms with E-state index >= 15 is 0 Å². The minimum atomic E-state index is 0.261. The zero-order chi connectivity index (χ0) is 15.9. The molecule has 1 aliphatic rings. The quantitative estimate of drug-likeness (QED) is 0.586. The van der Waals surface area contributed by atoms with Crippen LogP contribution in [0.4, 0.5) is 0 Å². The van der Waals surface area contributed by atoms with E-state index in [-0.39, 0.29) is 5.54 Å². The molecule has 1 nitrogen and oxygen atoms in total. The van der Waals surface area contributed by atoms with Crippen LogP contribution in [0, 0.1) is 23.7 Å². The summed E-state index contributed by atoms with van der Waals surface area (Å²) >= 11 is 2.11. The van der Waals surface area contributed by atoms with Crippen molar-refractivity contribution in [1.29, 1.82) is 0 Å². The molecule has 0 aliphatic heterocycles. The predicted molar refractivity (Wildman–Crippen MR) is 99.1 cm³/mol. The molecule has 3 unspecified atom stereocenters. The third-order valence-electron chi connectivity index (χ3n) is 5.09. The van der Waals surface area contributed by atoms with Gasteiger partial charge in [0.05, 0.1) is 0 Å². The van der Waals surface area contributed by atoms with Crippen LogP contribution >= 0.6 is 11.8 Å². The Morgan fingerprint density at radius 1 is 1.14 bits per heavy atom. The van der Waals surface area contributed by atoms with E-state index in [2.05, 4.69) is 58.6 Å². The van der Waals surface area contributed by atoms with Crippen molar-refractivity contribution in [1.82, 2.24) is 5.32 Å². The molecule has 0 amide bonds. The Morgan fingerprint density at radius 3 is 2.43 bits per heavy atom. The summed E-state index contributed by atoms with van der Waals surface area (Å²) < 4.78 is 0. The molecule has 1 saturated carbocycles. The van der Waals surface area contributed by atoms with Crippen molar-refractivity contribution in [2.45, 2.75) is 79.2 Å². The second kappa shape index (κ2) is 9.45. The van der Waals surface area contributed by atoms with Crippen molar-refractivity contribution < 1.29 is 0 Å². The van der Waals surface area contributed by atoms with E-state index in [0.29, 0.717) is 0 Å². The fourth-order valence-electron chi connectivity index (χ4n) is 3.62. The van der Waals surface area contributed by atoms with E-state index in [1.165, 1.54) is 50.2 Å². The van der Waals surface area contributed by atoms with Gasteiger partial charge in [0, 0.05) is 5.54 Å². The van der Waals surface area contributed by atoms with Crippen molar-refractivity contribution in [2.75, 3.05) is 18.1 Å². The number of nitrogens with one attached hydrogen (secondary N) is 1. The molecule has 3 atom stereocenters. The normalized spacial score (nSPS) is 27.3. The molecule has 0 spiro atoms. The maximum atomic E-state index is 3.76. The fourth-order valence-corrected chi connectivity index (χ4v) is 4.28. The van der Waals surface area contributed by atoms with Crippen LogP contribution in [-0.4, -0.2) is 23.6 Å². The molecule has 21 heavy (non-hydrogen) atoms. The third kappa shape index (κ3) is 7.93. The van der Waals surface area contributed by atoms with E-state index in [9.17, 15) is 0 Å². The molecule has 0 saturated heterocycles. The topological polar surface area (TPSA) is 12.0 Å². The molecule has 1 fully saturated rings. The molecule has 1 N–H and O–H groups in total. The number of hydrogen-bond donors (Lipinski definition) is 1. The molecule has 1 rings (SSSR count). The molecule has 0 heterocycles. The minimum Gasteiger partial charge on any atom is -0.312 e. The van der Waals surface area contributed by atoms with Gasteiger partial charge in [0.1, 0.15) is 0 Å². The van der Waals surface area contributed by atoms with Gasteiger partial charge in [-0.2, -0.15) is 11.8 Å². The molecular weight excluding hydrogens is 274 g/mol. The monoisotopic (exact) mass is 313 g/mol. The van der Waals surface area contributed by atoms with Gasteiger partial charge in [-0.05, 0) is 94.6 Å². The summed E-state index contributed by atoms with van der Waals surface area (Å²) in [6, 6.07) is 0. The highest BCUT2D eigenvalue weighted by molar-refractivity contribution is 7.99. The maximum Gasteiger partial charge on any atom is 0.00966 e. The van der Waals surface area contributed by atoms with Crippen LogP contribution in [0.1, 0.15) is 73.6 Å². The van der Waals surface area contributed by atoms with Crippen molar-refractivity contribution >= 4 is 11.8 Å². The lowest BCUT2D eigenvalue weighted by atomic mass is 9.69. The van der Waals surface area contributed by atoms with Crippen LogP contribution in [0.15, 0.2) is 0 Å². The van der Waals surface area contributed by atoms with Crippen LogP contribution in [0.2, 0.25) is 0 Å². The Kier molecular flexibility index (Phi) is 8.71. The van der Waals surface area contributed by atoms with Gasteiger partial charge in [0.15, 0.2) is 0 Å². The lowest BCUT2D eigenvalue weighted by Gasteiger charge is -2.39. The second-order valence-corrected chi connectivity index (χ2v) is 9.70. The SMILES string of the molecule is CCSCCCC1CC(C(C)C)CCC1CNC(C)(C)C. The second-order valence-electron chi connectivity index (χ2n) is 8.31. The molecule has 126 valence electrons. The molecule has 2 heteroatoms. The summed E-state index contributed by atoms with van der Waals surface area (Å²) in [6.07, 6.45) is 7.24. The predicted octanol–water partition coefficient (Wildman–Crippen LogP) is 5.60.